The van der Waals surface area contributed by atoms with E-state index in [2.05, 4.69) is 22.6 Å². The molecule has 1 heterocycles. The lowest BCUT2D eigenvalue weighted by Crippen LogP contribution is -2.36. The highest BCUT2D eigenvalue weighted by Crippen LogP contribution is 2.41. The van der Waals surface area contributed by atoms with Gasteiger partial charge in [0, 0.05) is 9.99 Å². The minimum atomic E-state index is -0.576. The van der Waals surface area contributed by atoms with E-state index in [0.717, 1.165) is 9.13 Å². The minimum absolute atomic E-state index is 0.0767. The summed E-state index contributed by atoms with van der Waals surface area (Å²) in [6, 6.07) is 5.69. The molecule has 1 aliphatic heterocycles. The van der Waals surface area contributed by atoms with Crippen molar-refractivity contribution in [1.29, 1.82) is 0 Å². The molecular formula is C15H18INO2. The molecule has 2 amide bonds. The predicted octanol–water partition coefficient (Wildman–Crippen LogP) is 3.53. The first-order valence-corrected chi connectivity index (χ1v) is 7.49. The van der Waals surface area contributed by atoms with Crippen LogP contribution in [-0.2, 0) is 9.59 Å². The van der Waals surface area contributed by atoms with Gasteiger partial charge in [-0.15, -0.1) is 0 Å². The van der Waals surface area contributed by atoms with Gasteiger partial charge in [-0.3, -0.25) is 14.5 Å². The first kappa shape index (κ1) is 14.5. The summed E-state index contributed by atoms with van der Waals surface area (Å²) in [6.07, 6.45) is 0.300. The molecule has 1 saturated heterocycles. The lowest BCUT2D eigenvalue weighted by molar-refractivity contribution is -0.126. The molecular weight excluding hydrogens is 353 g/mol. The number of rotatable bonds is 2. The largest absolute Gasteiger partial charge is 0.274 e. The third kappa shape index (κ3) is 2.30. The maximum atomic E-state index is 12.6. The quantitative estimate of drug-likeness (QED) is 0.589. The molecule has 0 aliphatic carbocycles. The third-order valence-corrected chi connectivity index (χ3v) is 5.31. The molecule has 19 heavy (non-hydrogen) atoms. The van der Waals surface area contributed by atoms with Crippen molar-refractivity contribution in [3.8, 4) is 0 Å². The monoisotopic (exact) mass is 371 g/mol. The molecule has 1 aliphatic rings. The molecule has 2 rings (SSSR count). The summed E-state index contributed by atoms with van der Waals surface area (Å²) in [5, 5.41) is 0. The van der Waals surface area contributed by atoms with Crippen LogP contribution < -0.4 is 4.90 Å². The number of amides is 2. The fourth-order valence-corrected chi connectivity index (χ4v) is 2.77. The second kappa shape index (κ2) is 4.89. The molecule has 0 spiro atoms. The van der Waals surface area contributed by atoms with Crippen LogP contribution in [0.3, 0.4) is 0 Å². The number of hydrogen-bond donors (Lipinski definition) is 0. The third-order valence-electron chi connectivity index (χ3n) is 4.15. The summed E-state index contributed by atoms with van der Waals surface area (Å²) >= 11 is 2.22. The summed E-state index contributed by atoms with van der Waals surface area (Å²) in [7, 11) is 0. The molecule has 4 heteroatoms. The van der Waals surface area contributed by atoms with Crippen LogP contribution in [0.2, 0.25) is 0 Å². The van der Waals surface area contributed by atoms with Gasteiger partial charge in [0.1, 0.15) is 0 Å². The van der Waals surface area contributed by atoms with Crippen molar-refractivity contribution in [3.05, 3.63) is 27.3 Å². The zero-order valence-corrected chi connectivity index (χ0v) is 13.8. The van der Waals surface area contributed by atoms with E-state index in [0.29, 0.717) is 12.1 Å². The number of carbonyl (C=O) groups is 2. The van der Waals surface area contributed by atoms with Gasteiger partial charge in [0.15, 0.2) is 0 Å². The van der Waals surface area contributed by atoms with Crippen LogP contribution in [-0.4, -0.2) is 11.8 Å². The van der Waals surface area contributed by atoms with E-state index < -0.39 is 5.41 Å². The van der Waals surface area contributed by atoms with E-state index in [9.17, 15) is 9.59 Å². The van der Waals surface area contributed by atoms with Crippen LogP contribution in [0.25, 0.3) is 0 Å². The average Bonchev–Trinajstić information content (AvgIpc) is 2.55. The van der Waals surface area contributed by atoms with Gasteiger partial charge < -0.3 is 0 Å². The Balaban J connectivity index is 2.43. The highest BCUT2D eigenvalue weighted by molar-refractivity contribution is 14.1. The predicted molar refractivity (Wildman–Crippen MR) is 84.0 cm³/mol. The maximum Gasteiger partial charge on any atom is 0.240 e. The molecule has 1 atom stereocenters. The lowest BCUT2D eigenvalue weighted by atomic mass is 9.78. The van der Waals surface area contributed by atoms with Crippen LogP contribution in [0.5, 0.6) is 0 Å². The van der Waals surface area contributed by atoms with Gasteiger partial charge in [0.2, 0.25) is 11.8 Å². The highest BCUT2D eigenvalue weighted by atomic mass is 127. The normalized spacial score (nSPS) is 23.6. The van der Waals surface area contributed by atoms with Gasteiger partial charge in [-0.25, -0.2) is 0 Å². The van der Waals surface area contributed by atoms with Crippen LogP contribution in [0.4, 0.5) is 5.69 Å². The Morgan fingerprint density at radius 3 is 2.42 bits per heavy atom. The number of hydrogen-bond acceptors (Lipinski definition) is 2. The first-order chi connectivity index (χ1) is 8.77. The van der Waals surface area contributed by atoms with Gasteiger partial charge >= 0.3 is 0 Å². The van der Waals surface area contributed by atoms with Crippen LogP contribution >= 0.6 is 22.6 Å². The Morgan fingerprint density at radius 1 is 1.32 bits per heavy atom. The topological polar surface area (TPSA) is 37.4 Å². The zero-order valence-electron chi connectivity index (χ0n) is 11.7. The molecule has 102 valence electrons. The fourth-order valence-electron chi connectivity index (χ4n) is 2.27. The number of carbonyl (C=O) groups excluding carboxylic acids is 2. The molecule has 0 radical (unpaired) electrons. The van der Waals surface area contributed by atoms with E-state index in [-0.39, 0.29) is 17.7 Å². The Morgan fingerprint density at radius 2 is 1.95 bits per heavy atom. The highest BCUT2D eigenvalue weighted by Gasteiger charge is 2.50. The second-order valence-electron chi connectivity index (χ2n) is 5.72. The Bertz CT molecular complexity index is 553. The summed E-state index contributed by atoms with van der Waals surface area (Å²) < 4.78 is 1.06. The van der Waals surface area contributed by atoms with Crippen molar-refractivity contribution < 1.29 is 9.59 Å². The minimum Gasteiger partial charge on any atom is -0.274 e. The molecule has 0 N–H and O–H groups in total. The maximum absolute atomic E-state index is 12.6. The fraction of sp³-hybridized carbons (Fsp3) is 0.467. The molecule has 1 aromatic carbocycles. The molecule has 1 unspecified atom stereocenters. The smallest absolute Gasteiger partial charge is 0.240 e. The Labute approximate surface area is 127 Å². The molecule has 1 aromatic rings. The van der Waals surface area contributed by atoms with Crippen molar-refractivity contribution in [2.45, 2.75) is 34.1 Å². The summed E-state index contributed by atoms with van der Waals surface area (Å²) in [4.78, 5) is 26.1. The SMILES string of the molecule is Cc1ccc(N2C(=O)CC(C)(C(C)C)C2=O)cc1I. The van der Waals surface area contributed by atoms with Crippen LogP contribution in [0.1, 0.15) is 32.8 Å². The molecule has 0 bridgehead atoms. The number of aryl methyl sites for hydroxylation is 1. The molecule has 3 nitrogen and oxygen atoms in total. The van der Waals surface area contributed by atoms with E-state index >= 15 is 0 Å². The van der Waals surface area contributed by atoms with Crippen molar-refractivity contribution in [2.24, 2.45) is 11.3 Å². The van der Waals surface area contributed by atoms with Gasteiger partial charge in [-0.1, -0.05) is 19.9 Å². The van der Waals surface area contributed by atoms with E-state index in [1.165, 1.54) is 4.90 Å². The van der Waals surface area contributed by atoms with Gasteiger partial charge in [-0.05, 0) is 60.1 Å². The van der Waals surface area contributed by atoms with E-state index in [4.69, 9.17) is 0 Å². The van der Waals surface area contributed by atoms with E-state index in [1.807, 2.05) is 45.9 Å². The van der Waals surface area contributed by atoms with E-state index in [1.54, 1.807) is 0 Å². The molecule has 1 fully saturated rings. The zero-order chi connectivity index (χ0) is 14.4. The van der Waals surface area contributed by atoms with Crippen LogP contribution in [0, 0.1) is 21.8 Å². The average molecular weight is 371 g/mol. The number of imide groups is 1. The lowest BCUT2D eigenvalue weighted by Gasteiger charge is -2.26. The van der Waals surface area contributed by atoms with Crippen LogP contribution in [0.15, 0.2) is 18.2 Å². The Kier molecular flexibility index (Phi) is 3.73. The molecule has 0 aromatic heterocycles. The number of halogens is 1. The van der Waals surface area contributed by atoms with Crippen molar-refractivity contribution in [3.63, 3.8) is 0 Å². The Hall–Kier alpha value is -0.910. The van der Waals surface area contributed by atoms with Gasteiger partial charge in [0.25, 0.3) is 0 Å². The summed E-state index contributed by atoms with van der Waals surface area (Å²) in [5.41, 5.74) is 1.26. The number of anilines is 1. The summed E-state index contributed by atoms with van der Waals surface area (Å²) in [6.45, 7) is 7.88. The van der Waals surface area contributed by atoms with Crippen molar-refractivity contribution in [2.75, 3.05) is 4.90 Å². The van der Waals surface area contributed by atoms with Crippen molar-refractivity contribution in [1.82, 2.24) is 0 Å². The molecule has 0 saturated carbocycles. The van der Waals surface area contributed by atoms with Gasteiger partial charge in [-0.2, -0.15) is 0 Å². The van der Waals surface area contributed by atoms with Gasteiger partial charge in [0.05, 0.1) is 11.1 Å². The number of nitrogens with zero attached hydrogens (tertiary/aromatic N) is 1. The number of benzene rings is 1. The van der Waals surface area contributed by atoms with Crippen molar-refractivity contribution >= 4 is 40.1 Å². The first-order valence-electron chi connectivity index (χ1n) is 6.41. The summed E-state index contributed by atoms with van der Waals surface area (Å²) in [5.74, 6) is -0.0218. The standard InChI is InChI=1S/C15H18INO2/c1-9(2)15(4)8-13(18)17(14(15)19)11-6-5-10(3)12(16)7-11/h5-7,9H,8H2,1-4H3. The second-order valence-corrected chi connectivity index (χ2v) is 6.88.